The number of rotatable bonds is 3. The van der Waals surface area contributed by atoms with Gasteiger partial charge in [-0.05, 0) is 18.4 Å². The molecule has 0 aromatic heterocycles. The number of halogens is 1. The van der Waals surface area contributed by atoms with Gasteiger partial charge < -0.3 is 12.4 Å². The van der Waals surface area contributed by atoms with Crippen LogP contribution in [0.4, 0.5) is 0 Å². The summed E-state index contributed by atoms with van der Waals surface area (Å²) in [6, 6.07) is 11.2. The zero-order valence-electron chi connectivity index (χ0n) is 9.40. The molecule has 3 nitrogen and oxygen atoms in total. The lowest BCUT2D eigenvalue weighted by atomic mass is 10.1. The molecule has 0 saturated carbocycles. The summed E-state index contributed by atoms with van der Waals surface area (Å²) in [5.41, 5.74) is 4.26. The van der Waals surface area contributed by atoms with Crippen LogP contribution in [0.3, 0.4) is 0 Å². The molecule has 1 saturated heterocycles. The molecule has 0 atom stereocenters. The van der Waals surface area contributed by atoms with E-state index >= 15 is 0 Å². The number of hydrazine groups is 1. The number of benzene rings is 1. The van der Waals surface area contributed by atoms with Gasteiger partial charge >= 0.3 is 0 Å². The Morgan fingerprint density at radius 2 is 1.81 bits per heavy atom. The zero-order valence-corrected chi connectivity index (χ0v) is 10.2. The Balaban J connectivity index is 0.00000128. The number of piperidine rings is 1. The first-order chi connectivity index (χ1) is 7.38. The maximum absolute atomic E-state index is 5.43. The molecule has 4 heteroatoms. The average molecular weight is 241 g/mol. The number of nitrogens with two attached hydrogens (primary N) is 1. The Kier molecular flexibility index (Phi) is 5.77. The van der Waals surface area contributed by atoms with Crippen LogP contribution in [0.1, 0.15) is 18.4 Å². The summed E-state index contributed by atoms with van der Waals surface area (Å²) in [5, 5.41) is 0. The van der Waals surface area contributed by atoms with Crippen molar-refractivity contribution >= 4 is 0 Å². The minimum atomic E-state index is 0. The highest BCUT2D eigenvalue weighted by atomic mass is 35.5. The highest BCUT2D eigenvalue weighted by Crippen LogP contribution is 2.12. The van der Waals surface area contributed by atoms with Gasteiger partial charge in [0.2, 0.25) is 0 Å². The van der Waals surface area contributed by atoms with E-state index in [1.165, 1.54) is 5.56 Å². The third-order valence-corrected chi connectivity index (χ3v) is 3.07. The summed E-state index contributed by atoms with van der Waals surface area (Å²) in [6.45, 7) is 3.35. The number of nitrogens with one attached hydrogen (secondary N) is 1. The quantitative estimate of drug-likeness (QED) is 0.480. The largest absolute Gasteiger partial charge is 1.00 e. The van der Waals surface area contributed by atoms with Crippen molar-refractivity contribution in [2.24, 2.45) is 5.84 Å². The van der Waals surface area contributed by atoms with E-state index in [9.17, 15) is 0 Å². The first-order valence-corrected chi connectivity index (χ1v) is 5.61. The Labute approximate surface area is 103 Å². The van der Waals surface area contributed by atoms with Crippen molar-refractivity contribution in [2.45, 2.75) is 25.4 Å². The van der Waals surface area contributed by atoms with Crippen LogP contribution < -0.4 is 23.7 Å². The van der Waals surface area contributed by atoms with Crippen LogP contribution in [0.15, 0.2) is 30.3 Å². The van der Waals surface area contributed by atoms with Gasteiger partial charge in [-0.2, -0.15) is 0 Å². The van der Waals surface area contributed by atoms with Crippen molar-refractivity contribution in [3.8, 4) is 0 Å². The summed E-state index contributed by atoms with van der Waals surface area (Å²) in [4.78, 5) is 2.49. The normalized spacial score (nSPS) is 18.1. The Bertz CT molecular complexity index is 284. The number of likely N-dealkylation sites (tertiary alicyclic amines) is 1. The van der Waals surface area contributed by atoms with Gasteiger partial charge in [0, 0.05) is 25.7 Å². The third-order valence-electron chi connectivity index (χ3n) is 3.07. The van der Waals surface area contributed by atoms with Gasteiger partial charge in [-0.15, -0.1) is 0 Å². The second-order valence-corrected chi connectivity index (χ2v) is 4.20. The van der Waals surface area contributed by atoms with Gasteiger partial charge in [0.15, 0.2) is 0 Å². The van der Waals surface area contributed by atoms with E-state index in [2.05, 4.69) is 40.7 Å². The summed E-state index contributed by atoms with van der Waals surface area (Å²) in [6.07, 6.45) is 2.31. The molecule has 1 aromatic carbocycles. The first kappa shape index (κ1) is 13.5. The molecule has 1 aliphatic heterocycles. The second kappa shape index (κ2) is 6.86. The predicted molar refractivity (Wildman–Crippen MR) is 62.1 cm³/mol. The minimum absolute atomic E-state index is 0. The Morgan fingerprint density at radius 1 is 1.19 bits per heavy atom. The number of nitrogens with zero attached hydrogens (tertiary/aromatic N) is 1. The molecule has 1 fully saturated rings. The lowest BCUT2D eigenvalue weighted by molar-refractivity contribution is -0.00000325. The standard InChI is InChI=1S/C12H19N3.ClH/c13-14-12-6-8-15(9-7-12)10-11-4-2-1-3-5-11;/h1-5,12,14H,6-10,13H2;1H/p-1. The van der Waals surface area contributed by atoms with Gasteiger partial charge in [0.1, 0.15) is 0 Å². The molecule has 3 N–H and O–H groups in total. The molecule has 0 unspecified atom stereocenters. The van der Waals surface area contributed by atoms with Crippen molar-refractivity contribution in [1.82, 2.24) is 10.3 Å². The van der Waals surface area contributed by atoms with E-state index in [1.54, 1.807) is 0 Å². The third kappa shape index (κ3) is 3.76. The van der Waals surface area contributed by atoms with Crippen LogP contribution in [-0.4, -0.2) is 24.0 Å². The van der Waals surface area contributed by atoms with Gasteiger partial charge in [-0.3, -0.25) is 16.2 Å². The predicted octanol–water partition coefficient (Wildman–Crippen LogP) is -1.88. The van der Waals surface area contributed by atoms with Gasteiger partial charge in [-0.1, -0.05) is 30.3 Å². The summed E-state index contributed by atoms with van der Waals surface area (Å²) >= 11 is 0. The van der Waals surface area contributed by atoms with Gasteiger partial charge in [-0.25, -0.2) is 0 Å². The molecule has 1 aromatic rings. The molecule has 90 valence electrons. The fourth-order valence-electron chi connectivity index (χ4n) is 2.10. The molecular weight excluding hydrogens is 222 g/mol. The van der Waals surface area contributed by atoms with Crippen molar-refractivity contribution in [3.05, 3.63) is 35.9 Å². The lowest BCUT2D eigenvalue weighted by Crippen LogP contribution is -3.00. The van der Waals surface area contributed by atoms with Crippen LogP contribution in [0.25, 0.3) is 0 Å². The summed E-state index contributed by atoms with van der Waals surface area (Å²) < 4.78 is 0. The highest BCUT2D eigenvalue weighted by molar-refractivity contribution is 5.14. The smallest absolute Gasteiger partial charge is 0.0234 e. The fourth-order valence-corrected chi connectivity index (χ4v) is 2.10. The van der Waals surface area contributed by atoms with Crippen LogP contribution in [0, 0.1) is 0 Å². The van der Waals surface area contributed by atoms with E-state index in [0.29, 0.717) is 6.04 Å². The van der Waals surface area contributed by atoms with Crippen LogP contribution in [0.5, 0.6) is 0 Å². The van der Waals surface area contributed by atoms with Crippen LogP contribution in [-0.2, 0) is 6.54 Å². The minimum Gasteiger partial charge on any atom is -1.00 e. The van der Waals surface area contributed by atoms with Crippen molar-refractivity contribution < 1.29 is 12.4 Å². The Hall–Kier alpha value is -0.610. The monoisotopic (exact) mass is 240 g/mol. The molecular formula is C12H19ClN3-. The summed E-state index contributed by atoms with van der Waals surface area (Å²) in [7, 11) is 0. The van der Waals surface area contributed by atoms with E-state index in [1.807, 2.05) is 0 Å². The van der Waals surface area contributed by atoms with E-state index in [0.717, 1.165) is 32.5 Å². The molecule has 1 aliphatic rings. The van der Waals surface area contributed by atoms with Crippen LogP contribution in [0.2, 0.25) is 0 Å². The van der Waals surface area contributed by atoms with Crippen molar-refractivity contribution in [3.63, 3.8) is 0 Å². The molecule has 0 amide bonds. The molecule has 0 radical (unpaired) electrons. The number of hydrogen-bond acceptors (Lipinski definition) is 3. The van der Waals surface area contributed by atoms with Crippen LogP contribution >= 0.6 is 0 Å². The maximum atomic E-state index is 5.43. The molecule has 0 spiro atoms. The van der Waals surface area contributed by atoms with E-state index in [-0.39, 0.29) is 12.4 Å². The summed E-state index contributed by atoms with van der Waals surface area (Å²) in [5.74, 6) is 5.43. The molecule has 1 heterocycles. The molecule has 0 aliphatic carbocycles. The van der Waals surface area contributed by atoms with Gasteiger partial charge in [0.05, 0.1) is 0 Å². The van der Waals surface area contributed by atoms with E-state index in [4.69, 9.17) is 5.84 Å². The number of hydrogen-bond donors (Lipinski definition) is 2. The van der Waals surface area contributed by atoms with Crippen molar-refractivity contribution in [1.29, 1.82) is 0 Å². The fraction of sp³-hybridized carbons (Fsp3) is 0.500. The zero-order chi connectivity index (χ0) is 10.5. The average Bonchev–Trinajstić information content (AvgIpc) is 2.31. The Morgan fingerprint density at radius 3 is 2.38 bits per heavy atom. The maximum Gasteiger partial charge on any atom is 0.0234 e. The molecule has 16 heavy (non-hydrogen) atoms. The topological polar surface area (TPSA) is 41.3 Å². The second-order valence-electron chi connectivity index (χ2n) is 4.20. The van der Waals surface area contributed by atoms with Crippen molar-refractivity contribution in [2.75, 3.05) is 13.1 Å². The first-order valence-electron chi connectivity index (χ1n) is 5.61. The molecule has 0 bridgehead atoms. The van der Waals surface area contributed by atoms with Gasteiger partial charge in [0.25, 0.3) is 0 Å². The lowest BCUT2D eigenvalue weighted by Gasteiger charge is -2.31. The SMILES string of the molecule is NNC1CCN(Cc2ccccc2)CC1.[Cl-]. The highest BCUT2D eigenvalue weighted by Gasteiger charge is 2.17. The molecule has 2 rings (SSSR count). The van der Waals surface area contributed by atoms with E-state index < -0.39 is 0 Å².